The molecular formula is C42H34IrN2OS2Si-2. The van der Waals surface area contributed by atoms with Crippen molar-refractivity contribution in [2.75, 3.05) is 0 Å². The van der Waals surface area contributed by atoms with E-state index in [-0.39, 0.29) is 20.1 Å². The van der Waals surface area contributed by atoms with Gasteiger partial charge < -0.3 is 14.7 Å². The Labute approximate surface area is 311 Å². The van der Waals surface area contributed by atoms with Crippen molar-refractivity contribution in [3.63, 3.8) is 0 Å². The summed E-state index contributed by atoms with van der Waals surface area (Å²) in [6.07, 6.45) is 10.5. The summed E-state index contributed by atoms with van der Waals surface area (Å²) < 4.78 is 9.42. The Morgan fingerprint density at radius 3 is 1.98 bits per heavy atom. The van der Waals surface area contributed by atoms with Crippen molar-refractivity contribution < 1.29 is 24.8 Å². The molecule has 0 unspecified atom stereocenters. The van der Waals surface area contributed by atoms with E-state index in [0.717, 1.165) is 39.9 Å². The van der Waals surface area contributed by atoms with Gasteiger partial charge in [-0.15, -0.1) is 53.6 Å². The number of hydrogen-bond acceptors (Lipinski definition) is 5. The van der Waals surface area contributed by atoms with Crippen LogP contribution < -0.4 is 24.1 Å². The molecule has 9 rings (SSSR count). The van der Waals surface area contributed by atoms with Crippen LogP contribution in [-0.4, -0.2) is 18.0 Å². The van der Waals surface area contributed by atoms with Crippen LogP contribution in [0, 0.1) is 12.1 Å². The van der Waals surface area contributed by atoms with Gasteiger partial charge in [-0.25, -0.2) is 0 Å². The molecular weight excluding hydrogens is 833 g/mol. The normalized spacial score (nSPS) is 14.6. The molecule has 245 valence electrons. The van der Waals surface area contributed by atoms with Gasteiger partial charge in [0.05, 0.1) is 0 Å². The Kier molecular flexibility index (Phi) is 10.5. The van der Waals surface area contributed by atoms with E-state index in [1.165, 1.54) is 57.0 Å². The third-order valence-electron chi connectivity index (χ3n) is 9.41. The van der Waals surface area contributed by atoms with Crippen LogP contribution in [0.25, 0.3) is 22.5 Å². The predicted molar refractivity (Wildman–Crippen MR) is 202 cm³/mol. The second kappa shape index (κ2) is 15.3. The molecule has 0 N–H and O–H groups in total. The van der Waals surface area contributed by atoms with Crippen LogP contribution >= 0.6 is 22.7 Å². The van der Waals surface area contributed by atoms with Crippen molar-refractivity contribution >= 4 is 50.1 Å². The number of aromatic nitrogens is 2. The predicted octanol–water partition coefficient (Wildman–Crippen LogP) is 8.75. The minimum absolute atomic E-state index is 0. The Morgan fingerprint density at radius 2 is 1.35 bits per heavy atom. The van der Waals surface area contributed by atoms with Crippen molar-refractivity contribution in [3.8, 4) is 34.0 Å². The van der Waals surface area contributed by atoms with Gasteiger partial charge in [0.1, 0.15) is 5.75 Å². The van der Waals surface area contributed by atoms with E-state index in [1.807, 2.05) is 77.5 Å². The maximum atomic E-state index is 6.59. The first-order chi connectivity index (χ1) is 23.8. The van der Waals surface area contributed by atoms with Gasteiger partial charge in [-0.2, -0.15) is 22.7 Å². The molecule has 2 aliphatic rings. The largest absolute Gasteiger partial charge is 0.502 e. The number of ether oxygens (including phenoxy) is 1. The molecule has 3 aromatic carbocycles. The second-order valence-electron chi connectivity index (χ2n) is 12.2. The molecule has 5 heterocycles. The molecule has 1 aliphatic heterocycles. The zero-order valence-corrected chi connectivity index (χ0v) is 31.9. The third kappa shape index (κ3) is 6.54. The number of rotatable bonds is 5. The van der Waals surface area contributed by atoms with Gasteiger partial charge in [0, 0.05) is 47.2 Å². The van der Waals surface area contributed by atoms with Crippen LogP contribution in [0.2, 0.25) is 0 Å². The van der Waals surface area contributed by atoms with Crippen molar-refractivity contribution in [1.82, 2.24) is 9.97 Å². The minimum Gasteiger partial charge on any atom is -0.502 e. The van der Waals surface area contributed by atoms with E-state index in [1.54, 1.807) is 0 Å². The number of hydrogen-bond donors (Lipinski definition) is 0. The Hall–Kier alpha value is -3.97. The maximum absolute atomic E-state index is 6.59. The van der Waals surface area contributed by atoms with Crippen LogP contribution in [-0.2, 0) is 20.1 Å². The van der Waals surface area contributed by atoms with E-state index >= 15 is 0 Å². The van der Waals surface area contributed by atoms with Gasteiger partial charge in [0.25, 0.3) is 0 Å². The van der Waals surface area contributed by atoms with Crippen molar-refractivity contribution in [2.24, 2.45) is 0 Å². The second-order valence-corrected chi connectivity index (χ2v) is 18.5. The molecule has 1 fully saturated rings. The number of benzene rings is 3. The summed E-state index contributed by atoms with van der Waals surface area (Å²) in [6.45, 7) is 0. The number of pyridine rings is 2. The quantitative estimate of drug-likeness (QED) is 0.128. The molecule has 49 heavy (non-hydrogen) atoms. The SMILES string of the molecule is [Ir].[c-]1cc(C2CCCCC2)ccc1-c1ccccn1.[c-]1ccc2c(c1-c1ccccn1)Oc1ccccc1[Si]2(c1cccs1)c1cccs1. The molecule has 1 aliphatic carbocycles. The van der Waals surface area contributed by atoms with E-state index in [0.29, 0.717) is 0 Å². The van der Waals surface area contributed by atoms with Gasteiger partial charge in [-0.05, 0) is 45.5 Å². The summed E-state index contributed by atoms with van der Waals surface area (Å²) in [4.78, 5) is 8.96. The van der Waals surface area contributed by atoms with E-state index in [4.69, 9.17) is 4.74 Å². The van der Waals surface area contributed by atoms with Gasteiger partial charge in [-0.1, -0.05) is 116 Å². The average Bonchev–Trinajstić information content (AvgIpc) is 3.92. The smallest absolute Gasteiger partial charge is 0.191 e. The molecule has 7 heteroatoms. The summed E-state index contributed by atoms with van der Waals surface area (Å²) in [7, 11) is -2.47. The maximum Gasteiger partial charge on any atom is 0.191 e. The van der Waals surface area contributed by atoms with Crippen LogP contribution in [0.4, 0.5) is 0 Å². The van der Waals surface area contributed by atoms with E-state index in [2.05, 4.69) is 106 Å². The molecule has 0 spiro atoms. The first kappa shape index (κ1) is 33.5. The van der Waals surface area contributed by atoms with Crippen molar-refractivity contribution in [2.45, 2.75) is 38.0 Å². The monoisotopic (exact) mass is 867 g/mol. The summed E-state index contributed by atoms with van der Waals surface area (Å²) in [5, 5.41) is 6.94. The Balaban J connectivity index is 0.000000171. The fourth-order valence-electron chi connectivity index (χ4n) is 7.15. The van der Waals surface area contributed by atoms with Crippen molar-refractivity contribution in [1.29, 1.82) is 0 Å². The molecule has 1 radical (unpaired) electrons. The number of nitrogens with zero attached hydrogens (tertiary/aromatic N) is 2. The number of para-hydroxylation sites is 1. The van der Waals surface area contributed by atoms with Crippen LogP contribution in [0.5, 0.6) is 11.5 Å². The first-order valence-electron chi connectivity index (χ1n) is 16.6. The molecule has 0 atom stereocenters. The number of thiophene rings is 2. The van der Waals surface area contributed by atoms with Gasteiger partial charge in [-0.3, -0.25) is 0 Å². The van der Waals surface area contributed by atoms with Crippen LogP contribution in [0.15, 0.2) is 138 Å². The van der Waals surface area contributed by atoms with Crippen LogP contribution in [0.1, 0.15) is 43.6 Å². The molecule has 4 aromatic heterocycles. The minimum atomic E-state index is -2.47. The van der Waals surface area contributed by atoms with Gasteiger partial charge in [0.2, 0.25) is 0 Å². The third-order valence-corrected chi connectivity index (χ3v) is 17.6. The first-order valence-corrected chi connectivity index (χ1v) is 20.3. The molecule has 1 saturated carbocycles. The summed E-state index contributed by atoms with van der Waals surface area (Å²) in [5.74, 6) is 2.59. The van der Waals surface area contributed by atoms with E-state index < -0.39 is 8.07 Å². The number of fused-ring (bicyclic) bond motifs is 2. The summed E-state index contributed by atoms with van der Waals surface area (Å²) in [5.41, 5.74) is 5.36. The molecule has 0 amide bonds. The van der Waals surface area contributed by atoms with Gasteiger partial charge >= 0.3 is 0 Å². The molecule has 0 saturated heterocycles. The van der Waals surface area contributed by atoms with Gasteiger partial charge in [0.15, 0.2) is 8.07 Å². The zero-order valence-electron chi connectivity index (χ0n) is 26.8. The van der Waals surface area contributed by atoms with Crippen molar-refractivity contribution in [3.05, 3.63) is 156 Å². The summed E-state index contributed by atoms with van der Waals surface area (Å²) in [6, 6.07) is 47.0. The molecule has 0 bridgehead atoms. The molecule has 7 aromatic rings. The fraction of sp³-hybridized carbons (Fsp3) is 0.143. The molecule has 3 nitrogen and oxygen atoms in total. The standard InChI is InChI=1S/C25H16NOS2Si.C17H18N.Ir/c1-2-11-21-20(10-1)27-25-18(19-9-3-4-15-26-19)8-5-12-22(25)30(21,23-13-6-16-28-23)24-14-7-17-29-24;1-2-6-14(7-3-1)15-9-11-16(12-10-15)17-8-4-5-13-18-17;/h1-7,9-17H;4-5,8-11,13-14H,1-3,6-7H2;/q2*-1;. The average molecular weight is 867 g/mol. The Morgan fingerprint density at radius 1 is 0.653 bits per heavy atom. The van der Waals surface area contributed by atoms with E-state index in [9.17, 15) is 0 Å². The topological polar surface area (TPSA) is 35.0 Å². The summed E-state index contributed by atoms with van der Waals surface area (Å²) >= 11 is 3.68. The van der Waals surface area contributed by atoms with Crippen LogP contribution in [0.3, 0.4) is 0 Å². The Bertz CT molecular complexity index is 2050. The zero-order chi connectivity index (χ0) is 32.2. The fourth-order valence-corrected chi connectivity index (χ4v) is 16.1.